The summed E-state index contributed by atoms with van der Waals surface area (Å²) in [5.74, 6) is -0.904. The van der Waals surface area contributed by atoms with Gasteiger partial charge in [0, 0.05) is 5.56 Å². The SMILES string of the molecule is Cc1ccc(C(O)c2ccccc2F)cc1F. The number of halogens is 2. The zero-order chi connectivity index (χ0) is 12.4. The van der Waals surface area contributed by atoms with Gasteiger partial charge in [0.2, 0.25) is 0 Å². The Bertz CT molecular complexity index is 537. The molecule has 0 radical (unpaired) electrons. The van der Waals surface area contributed by atoms with Gasteiger partial charge in [0.05, 0.1) is 0 Å². The normalized spacial score (nSPS) is 12.5. The van der Waals surface area contributed by atoms with Crippen LogP contribution in [-0.2, 0) is 0 Å². The maximum Gasteiger partial charge on any atom is 0.129 e. The molecule has 0 aliphatic heterocycles. The first-order valence-corrected chi connectivity index (χ1v) is 5.28. The number of benzene rings is 2. The summed E-state index contributed by atoms with van der Waals surface area (Å²) in [4.78, 5) is 0. The molecule has 88 valence electrons. The average molecular weight is 234 g/mol. The molecular weight excluding hydrogens is 222 g/mol. The van der Waals surface area contributed by atoms with Crippen LogP contribution in [0.15, 0.2) is 42.5 Å². The molecule has 2 rings (SSSR count). The summed E-state index contributed by atoms with van der Waals surface area (Å²) >= 11 is 0. The van der Waals surface area contributed by atoms with Crippen molar-refractivity contribution in [3.63, 3.8) is 0 Å². The van der Waals surface area contributed by atoms with E-state index in [0.29, 0.717) is 11.1 Å². The van der Waals surface area contributed by atoms with Gasteiger partial charge < -0.3 is 5.11 Å². The molecule has 0 heterocycles. The number of hydrogen-bond donors (Lipinski definition) is 1. The minimum atomic E-state index is -1.15. The lowest BCUT2D eigenvalue weighted by molar-refractivity contribution is 0.214. The molecule has 0 saturated heterocycles. The van der Waals surface area contributed by atoms with Gasteiger partial charge >= 0.3 is 0 Å². The van der Waals surface area contributed by atoms with Crippen molar-refractivity contribution in [3.8, 4) is 0 Å². The van der Waals surface area contributed by atoms with Crippen molar-refractivity contribution in [2.24, 2.45) is 0 Å². The van der Waals surface area contributed by atoms with E-state index in [1.807, 2.05) is 0 Å². The van der Waals surface area contributed by atoms with Crippen molar-refractivity contribution < 1.29 is 13.9 Å². The lowest BCUT2D eigenvalue weighted by Gasteiger charge is -2.12. The van der Waals surface area contributed by atoms with Gasteiger partial charge in [0.1, 0.15) is 17.7 Å². The second-order valence-corrected chi connectivity index (χ2v) is 3.93. The van der Waals surface area contributed by atoms with E-state index in [9.17, 15) is 13.9 Å². The first kappa shape index (κ1) is 11.7. The van der Waals surface area contributed by atoms with E-state index in [4.69, 9.17) is 0 Å². The highest BCUT2D eigenvalue weighted by atomic mass is 19.1. The van der Waals surface area contributed by atoms with Gasteiger partial charge in [-0.3, -0.25) is 0 Å². The van der Waals surface area contributed by atoms with Crippen LogP contribution in [0.3, 0.4) is 0 Å². The molecule has 0 aromatic heterocycles. The molecule has 1 nitrogen and oxygen atoms in total. The summed E-state index contributed by atoms with van der Waals surface area (Å²) < 4.78 is 26.8. The van der Waals surface area contributed by atoms with E-state index in [1.165, 1.54) is 18.2 Å². The number of aliphatic hydroxyl groups is 1. The topological polar surface area (TPSA) is 20.2 Å². The fourth-order valence-electron chi connectivity index (χ4n) is 1.66. The van der Waals surface area contributed by atoms with Gasteiger partial charge in [0.25, 0.3) is 0 Å². The molecule has 0 aliphatic rings. The van der Waals surface area contributed by atoms with Crippen LogP contribution < -0.4 is 0 Å². The number of rotatable bonds is 2. The Balaban J connectivity index is 2.40. The van der Waals surface area contributed by atoms with Crippen LogP contribution in [0.2, 0.25) is 0 Å². The lowest BCUT2D eigenvalue weighted by atomic mass is 10.00. The minimum Gasteiger partial charge on any atom is -0.384 e. The molecule has 2 aromatic rings. The fraction of sp³-hybridized carbons (Fsp3) is 0.143. The first-order valence-electron chi connectivity index (χ1n) is 5.28. The zero-order valence-corrected chi connectivity index (χ0v) is 9.32. The number of hydrogen-bond acceptors (Lipinski definition) is 1. The maximum absolute atomic E-state index is 13.5. The van der Waals surface area contributed by atoms with Crippen molar-refractivity contribution in [3.05, 3.63) is 70.8 Å². The molecule has 1 atom stereocenters. The predicted octanol–water partition coefficient (Wildman–Crippen LogP) is 3.35. The Morgan fingerprint density at radius 1 is 1.00 bits per heavy atom. The molecule has 2 aromatic carbocycles. The number of aliphatic hydroxyl groups excluding tert-OH is 1. The van der Waals surface area contributed by atoms with Crippen LogP contribution in [0, 0.1) is 18.6 Å². The zero-order valence-electron chi connectivity index (χ0n) is 9.32. The Hall–Kier alpha value is -1.74. The van der Waals surface area contributed by atoms with E-state index >= 15 is 0 Å². The summed E-state index contributed by atoms with van der Waals surface area (Å²) in [6.45, 7) is 1.63. The predicted molar refractivity (Wildman–Crippen MR) is 61.6 cm³/mol. The first-order chi connectivity index (χ1) is 8.09. The third-order valence-corrected chi connectivity index (χ3v) is 2.71. The minimum absolute atomic E-state index is 0.149. The monoisotopic (exact) mass is 234 g/mol. The Morgan fingerprint density at radius 2 is 1.71 bits per heavy atom. The fourth-order valence-corrected chi connectivity index (χ4v) is 1.66. The summed E-state index contributed by atoms with van der Waals surface area (Å²) in [6.07, 6.45) is -1.15. The Kier molecular flexibility index (Phi) is 3.20. The van der Waals surface area contributed by atoms with Crippen molar-refractivity contribution in [2.45, 2.75) is 13.0 Å². The second-order valence-electron chi connectivity index (χ2n) is 3.93. The Labute approximate surface area is 98.3 Å². The van der Waals surface area contributed by atoms with E-state index in [2.05, 4.69) is 0 Å². The van der Waals surface area contributed by atoms with Crippen molar-refractivity contribution >= 4 is 0 Å². The van der Waals surface area contributed by atoms with Crippen LogP contribution in [0.5, 0.6) is 0 Å². The van der Waals surface area contributed by atoms with Crippen LogP contribution in [0.25, 0.3) is 0 Å². The standard InChI is InChI=1S/C14H12F2O/c1-9-6-7-10(8-13(9)16)14(17)11-4-2-3-5-12(11)15/h2-8,14,17H,1H3. The van der Waals surface area contributed by atoms with E-state index in [-0.39, 0.29) is 5.56 Å². The second kappa shape index (κ2) is 4.63. The van der Waals surface area contributed by atoms with Gasteiger partial charge in [-0.05, 0) is 30.2 Å². The molecule has 0 fully saturated rings. The molecule has 1 N–H and O–H groups in total. The van der Waals surface area contributed by atoms with E-state index < -0.39 is 17.7 Å². The summed E-state index contributed by atoms with van der Waals surface area (Å²) in [5, 5.41) is 9.98. The van der Waals surface area contributed by atoms with Crippen LogP contribution >= 0.6 is 0 Å². The van der Waals surface area contributed by atoms with Gasteiger partial charge in [-0.25, -0.2) is 8.78 Å². The molecule has 3 heteroatoms. The highest BCUT2D eigenvalue weighted by Gasteiger charge is 2.15. The maximum atomic E-state index is 13.5. The lowest BCUT2D eigenvalue weighted by Crippen LogP contribution is -2.03. The van der Waals surface area contributed by atoms with Gasteiger partial charge in [0.15, 0.2) is 0 Å². The molecule has 1 unspecified atom stereocenters. The van der Waals surface area contributed by atoms with Gasteiger partial charge in [-0.2, -0.15) is 0 Å². The summed E-state index contributed by atoms with van der Waals surface area (Å²) in [7, 11) is 0. The van der Waals surface area contributed by atoms with Gasteiger partial charge in [-0.1, -0.05) is 30.3 Å². The molecule has 0 spiro atoms. The van der Waals surface area contributed by atoms with Gasteiger partial charge in [-0.15, -0.1) is 0 Å². The molecule has 0 amide bonds. The van der Waals surface area contributed by atoms with E-state index in [0.717, 1.165) is 0 Å². The molecule has 17 heavy (non-hydrogen) atoms. The molecule has 0 saturated carbocycles. The van der Waals surface area contributed by atoms with Crippen LogP contribution in [-0.4, -0.2) is 5.11 Å². The molecular formula is C14H12F2O. The number of aryl methyl sites for hydroxylation is 1. The largest absolute Gasteiger partial charge is 0.384 e. The van der Waals surface area contributed by atoms with Crippen molar-refractivity contribution in [1.29, 1.82) is 0 Å². The highest BCUT2D eigenvalue weighted by molar-refractivity contribution is 5.32. The van der Waals surface area contributed by atoms with Crippen LogP contribution in [0.1, 0.15) is 22.8 Å². The highest BCUT2D eigenvalue weighted by Crippen LogP contribution is 2.25. The third kappa shape index (κ3) is 2.34. The molecule has 0 bridgehead atoms. The Morgan fingerprint density at radius 3 is 2.35 bits per heavy atom. The van der Waals surface area contributed by atoms with Crippen LogP contribution in [0.4, 0.5) is 8.78 Å². The quantitative estimate of drug-likeness (QED) is 0.844. The summed E-state index contributed by atoms with van der Waals surface area (Å²) in [5.41, 5.74) is 0.989. The summed E-state index contributed by atoms with van der Waals surface area (Å²) in [6, 6.07) is 10.3. The van der Waals surface area contributed by atoms with Crippen molar-refractivity contribution in [2.75, 3.05) is 0 Å². The average Bonchev–Trinajstić information content (AvgIpc) is 2.32. The smallest absolute Gasteiger partial charge is 0.129 e. The van der Waals surface area contributed by atoms with Crippen molar-refractivity contribution in [1.82, 2.24) is 0 Å². The molecule has 0 aliphatic carbocycles. The third-order valence-electron chi connectivity index (χ3n) is 2.71. The van der Waals surface area contributed by atoms with E-state index in [1.54, 1.807) is 31.2 Å².